The zero-order chi connectivity index (χ0) is 22.0. The van der Waals surface area contributed by atoms with Crippen molar-refractivity contribution >= 4 is 17.4 Å². The van der Waals surface area contributed by atoms with Crippen molar-refractivity contribution in [2.75, 3.05) is 7.11 Å². The Balaban J connectivity index is 1.89. The number of pyridine rings is 1. The number of rotatable bonds is 5. The molecule has 31 heavy (non-hydrogen) atoms. The number of ketones is 1. The van der Waals surface area contributed by atoms with Gasteiger partial charge in [-0.2, -0.15) is 0 Å². The van der Waals surface area contributed by atoms with Crippen LogP contribution in [0.1, 0.15) is 22.7 Å². The highest BCUT2D eigenvalue weighted by molar-refractivity contribution is 6.46. The number of likely N-dealkylation sites (tertiary alicyclic amines) is 1. The van der Waals surface area contributed by atoms with Crippen molar-refractivity contribution in [1.29, 1.82) is 0 Å². The van der Waals surface area contributed by atoms with E-state index in [1.54, 1.807) is 67.0 Å². The van der Waals surface area contributed by atoms with Gasteiger partial charge in [-0.25, -0.2) is 0 Å². The Kier molecular flexibility index (Phi) is 5.41. The fourth-order valence-electron chi connectivity index (χ4n) is 3.69. The number of hydrogen-bond donors (Lipinski definition) is 2. The van der Waals surface area contributed by atoms with Gasteiger partial charge in [0.05, 0.1) is 18.7 Å². The first-order valence-electron chi connectivity index (χ1n) is 9.61. The normalized spacial score (nSPS) is 17.7. The lowest BCUT2D eigenvalue weighted by Crippen LogP contribution is -2.29. The standard InChI is InChI=1S/C24H20N2O5/c1-31-19-12-17(9-10-18(19)27)21-20(22(28)16-7-3-2-4-8-16)23(29)24(30)26(21)14-15-6-5-11-25-13-15/h2-13,21,27-28H,14H2,1H3/b22-20-. The second kappa shape index (κ2) is 8.31. The molecule has 156 valence electrons. The molecule has 3 aromatic rings. The molecule has 1 unspecified atom stereocenters. The SMILES string of the molecule is COc1cc(C2/C(=C(/O)c3ccccc3)C(=O)C(=O)N2Cc2cccnc2)ccc1O. The summed E-state index contributed by atoms with van der Waals surface area (Å²) in [6, 6.07) is 15.9. The number of phenols is 1. The number of ether oxygens (including phenoxy) is 1. The van der Waals surface area contributed by atoms with E-state index in [0.717, 1.165) is 5.56 Å². The number of aromatic hydroxyl groups is 1. The van der Waals surface area contributed by atoms with Gasteiger partial charge in [0, 0.05) is 24.5 Å². The van der Waals surface area contributed by atoms with Crippen LogP contribution in [-0.2, 0) is 16.1 Å². The van der Waals surface area contributed by atoms with E-state index >= 15 is 0 Å². The van der Waals surface area contributed by atoms with Crippen LogP contribution in [0.5, 0.6) is 11.5 Å². The Labute approximate surface area is 178 Å². The van der Waals surface area contributed by atoms with Gasteiger partial charge in [0.2, 0.25) is 0 Å². The molecule has 1 aliphatic heterocycles. The molecule has 7 heteroatoms. The summed E-state index contributed by atoms with van der Waals surface area (Å²) in [5, 5.41) is 21.0. The molecule has 1 amide bonds. The first kappa shape index (κ1) is 20.2. The van der Waals surface area contributed by atoms with Gasteiger partial charge in [-0.3, -0.25) is 14.6 Å². The van der Waals surface area contributed by atoms with Crippen LogP contribution in [0.25, 0.3) is 5.76 Å². The summed E-state index contributed by atoms with van der Waals surface area (Å²) < 4.78 is 5.21. The Hall–Kier alpha value is -4.13. The van der Waals surface area contributed by atoms with Gasteiger partial charge in [-0.15, -0.1) is 0 Å². The number of nitrogens with zero attached hydrogens (tertiary/aromatic N) is 2. The quantitative estimate of drug-likeness (QED) is 0.376. The zero-order valence-electron chi connectivity index (χ0n) is 16.7. The average Bonchev–Trinajstić information content (AvgIpc) is 3.05. The molecule has 1 aliphatic rings. The summed E-state index contributed by atoms with van der Waals surface area (Å²) in [5.74, 6) is -1.63. The molecule has 4 rings (SSSR count). The third-order valence-corrected chi connectivity index (χ3v) is 5.18. The number of carbonyl (C=O) groups is 2. The van der Waals surface area contributed by atoms with Crippen molar-refractivity contribution < 1.29 is 24.5 Å². The van der Waals surface area contributed by atoms with Gasteiger partial charge in [0.1, 0.15) is 5.76 Å². The summed E-state index contributed by atoms with van der Waals surface area (Å²) >= 11 is 0. The molecule has 0 radical (unpaired) electrons. The van der Waals surface area contributed by atoms with Crippen molar-refractivity contribution in [3.63, 3.8) is 0 Å². The minimum absolute atomic E-state index is 0.0205. The van der Waals surface area contributed by atoms with Crippen LogP contribution >= 0.6 is 0 Å². The van der Waals surface area contributed by atoms with Crippen LogP contribution in [0, 0.1) is 0 Å². The second-order valence-corrected chi connectivity index (χ2v) is 7.09. The minimum Gasteiger partial charge on any atom is -0.507 e. The topological polar surface area (TPSA) is 100.0 Å². The molecular weight excluding hydrogens is 396 g/mol. The van der Waals surface area contributed by atoms with Crippen LogP contribution in [0.2, 0.25) is 0 Å². The van der Waals surface area contributed by atoms with E-state index < -0.39 is 17.7 Å². The summed E-state index contributed by atoms with van der Waals surface area (Å²) in [7, 11) is 1.41. The van der Waals surface area contributed by atoms with Crippen LogP contribution in [0.15, 0.2) is 78.6 Å². The Morgan fingerprint density at radius 3 is 2.55 bits per heavy atom. The van der Waals surface area contributed by atoms with E-state index in [1.807, 2.05) is 0 Å². The molecule has 0 spiro atoms. The fourth-order valence-corrected chi connectivity index (χ4v) is 3.69. The Morgan fingerprint density at radius 1 is 1.10 bits per heavy atom. The van der Waals surface area contributed by atoms with E-state index in [4.69, 9.17) is 4.74 Å². The highest BCUT2D eigenvalue weighted by Crippen LogP contribution is 2.42. The fraction of sp³-hybridized carbons (Fsp3) is 0.125. The number of Topliss-reactive ketones (excluding diaryl/α,β-unsaturated/α-hetero) is 1. The van der Waals surface area contributed by atoms with Crippen molar-refractivity contribution in [3.05, 3.63) is 95.3 Å². The number of benzene rings is 2. The van der Waals surface area contributed by atoms with Gasteiger partial charge in [-0.05, 0) is 29.3 Å². The first-order valence-corrected chi connectivity index (χ1v) is 9.61. The molecule has 2 N–H and O–H groups in total. The Morgan fingerprint density at radius 2 is 1.87 bits per heavy atom. The van der Waals surface area contributed by atoms with Gasteiger partial charge >= 0.3 is 0 Å². The predicted octanol–water partition coefficient (Wildman–Crippen LogP) is 3.42. The summed E-state index contributed by atoms with van der Waals surface area (Å²) in [5.41, 5.74) is 1.67. The van der Waals surface area contributed by atoms with Crippen molar-refractivity contribution in [2.45, 2.75) is 12.6 Å². The molecule has 1 atom stereocenters. The number of aliphatic hydroxyl groups is 1. The van der Waals surface area contributed by atoms with Crippen LogP contribution in [0.4, 0.5) is 0 Å². The molecule has 0 aliphatic carbocycles. The minimum atomic E-state index is -0.866. The molecule has 1 saturated heterocycles. The van der Waals surface area contributed by atoms with Crippen molar-refractivity contribution in [2.24, 2.45) is 0 Å². The first-order chi connectivity index (χ1) is 15.0. The molecular formula is C24H20N2O5. The largest absolute Gasteiger partial charge is 0.507 e. The lowest BCUT2D eigenvalue weighted by Gasteiger charge is -2.25. The molecule has 7 nitrogen and oxygen atoms in total. The predicted molar refractivity (Wildman–Crippen MR) is 113 cm³/mol. The number of phenolic OH excluding ortho intramolecular Hbond substituents is 1. The Bertz CT molecular complexity index is 1160. The summed E-state index contributed by atoms with van der Waals surface area (Å²) in [6.45, 7) is 0.123. The van der Waals surface area contributed by atoms with Crippen molar-refractivity contribution in [3.8, 4) is 11.5 Å². The monoisotopic (exact) mass is 416 g/mol. The lowest BCUT2D eigenvalue weighted by atomic mass is 9.95. The number of methoxy groups -OCH3 is 1. The molecule has 2 aromatic carbocycles. The molecule has 1 aromatic heterocycles. The van der Waals surface area contributed by atoms with Crippen LogP contribution in [-0.4, -0.2) is 38.9 Å². The zero-order valence-corrected chi connectivity index (χ0v) is 16.7. The van der Waals surface area contributed by atoms with Crippen LogP contribution < -0.4 is 4.74 Å². The number of aromatic nitrogens is 1. The summed E-state index contributed by atoms with van der Waals surface area (Å²) in [6.07, 6.45) is 3.24. The maximum absolute atomic E-state index is 13.0. The van der Waals surface area contributed by atoms with E-state index in [-0.39, 0.29) is 29.4 Å². The highest BCUT2D eigenvalue weighted by Gasteiger charge is 2.46. The average molecular weight is 416 g/mol. The van der Waals surface area contributed by atoms with E-state index in [0.29, 0.717) is 11.1 Å². The molecule has 0 saturated carbocycles. The second-order valence-electron chi connectivity index (χ2n) is 7.09. The van der Waals surface area contributed by atoms with E-state index in [1.165, 1.54) is 18.1 Å². The van der Waals surface area contributed by atoms with Crippen LogP contribution in [0.3, 0.4) is 0 Å². The number of carbonyl (C=O) groups excluding carboxylic acids is 2. The highest BCUT2D eigenvalue weighted by atomic mass is 16.5. The number of aliphatic hydroxyl groups excluding tert-OH is 1. The van der Waals surface area contributed by atoms with Gasteiger partial charge in [0.15, 0.2) is 11.5 Å². The van der Waals surface area contributed by atoms with E-state index in [2.05, 4.69) is 4.98 Å². The van der Waals surface area contributed by atoms with Gasteiger partial charge in [0.25, 0.3) is 11.7 Å². The van der Waals surface area contributed by atoms with Gasteiger partial charge < -0.3 is 19.8 Å². The maximum atomic E-state index is 13.0. The molecule has 2 heterocycles. The van der Waals surface area contributed by atoms with E-state index in [9.17, 15) is 19.8 Å². The third-order valence-electron chi connectivity index (χ3n) is 5.18. The lowest BCUT2D eigenvalue weighted by molar-refractivity contribution is -0.140. The summed E-state index contributed by atoms with van der Waals surface area (Å²) in [4.78, 5) is 31.5. The third kappa shape index (κ3) is 3.73. The maximum Gasteiger partial charge on any atom is 0.295 e. The number of amides is 1. The molecule has 0 bridgehead atoms. The molecule has 1 fully saturated rings. The van der Waals surface area contributed by atoms with Crippen molar-refractivity contribution in [1.82, 2.24) is 9.88 Å². The van der Waals surface area contributed by atoms with Gasteiger partial charge in [-0.1, -0.05) is 42.5 Å². The smallest absolute Gasteiger partial charge is 0.295 e. The number of hydrogen-bond acceptors (Lipinski definition) is 6.